The molecule has 0 aromatic carbocycles. The summed E-state index contributed by atoms with van der Waals surface area (Å²) in [6.07, 6.45) is 20.6. The Morgan fingerprint density at radius 1 is 0.480 bits per heavy atom. The van der Waals surface area contributed by atoms with Crippen LogP contribution >= 0.6 is 11.8 Å². The van der Waals surface area contributed by atoms with E-state index in [0.717, 1.165) is 97.9 Å². The summed E-state index contributed by atoms with van der Waals surface area (Å²) in [5.41, 5.74) is 17.7. The lowest BCUT2D eigenvalue weighted by Crippen LogP contribution is -2.46. The fraction of sp³-hybridized carbons (Fsp3) is 0.974. The second-order valence-electron chi connectivity index (χ2n) is 14.1. The van der Waals surface area contributed by atoms with E-state index < -0.39 is 0 Å². The highest BCUT2D eigenvalue weighted by Crippen LogP contribution is 2.14. The highest BCUT2D eigenvalue weighted by Gasteiger charge is 2.16. The van der Waals surface area contributed by atoms with Crippen molar-refractivity contribution in [2.75, 3.05) is 132 Å². The molecule has 0 saturated heterocycles. The minimum atomic E-state index is 0.242. The van der Waals surface area contributed by atoms with E-state index in [-0.39, 0.29) is 5.91 Å². The van der Waals surface area contributed by atoms with E-state index >= 15 is 0 Å². The Labute approximate surface area is 315 Å². The smallest absolute Gasteiger partial charge is 0.222 e. The molecule has 0 radical (unpaired) electrons. The zero-order valence-corrected chi connectivity index (χ0v) is 34.1. The molecule has 0 fully saturated rings. The predicted octanol–water partition coefficient (Wildman–Crippen LogP) is 3.75. The van der Waals surface area contributed by atoms with Gasteiger partial charge in [-0.15, -0.1) is 0 Å². The monoisotopic (exact) mass is 733 g/mol. The van der Waals surface area contributed by atoms with Crippen molar-refractivity contribution in [1.29, 1.82) is 0 Å². The minimum Gasteiger partial charge on any atom is -0.340 e. The van der Waals surface area contributed by atoms with Crippen LogP contribution in [0.15, 0.2) is 0 Å². The Balaban J connectivity index is 4.45. The van der Waals surface area contributed by atoms with E-state index in [2.05, 4.69) is 32.3 Å². The Hall–Kier alpha value is -0.600. The maximum absolute atomic E-state index is 13.1. The highest BCUT2D eigenvalue weighted by molar-refractivity contribution is 6.13. The van der Waals surface area contributed by atoms with Crippen LogP contribution in [0.2, 0.25) is 0 Å². The molecule has 0 unspecified atom stereocenters. The Bertz CT molecular complexity index is 711. The van der Waals surface area contributed by atoms with Gasteiger partial charge in [0, 0.05) is 124 Å². The fourth-order valence-corrected chi connectivity index (χ4v) is 6.54. The molecule has 0 atom stereocenters. The van der Waals surface area contributed by atoms with Crippen molar-refractivity contribution in [3.05, 3.63) is 0 Å². The summed E-state index contributed by atoms with van der Waals surface area (Å²) in [5.74, 6) is 0.242. The van der Waals surface area contributed by atoms with Crippen molar-refractivity contribution in [3.8, 4) is 0 Å². The number of amides is 1. The van der Waals surface area contributed by atoms with Gasteiger partial charge in [-0.1, -0.05) is 96.8 Å². The summed E-state index contributed by atoms with van der Waals surface area (Å²) in [5, 5.41) is 6.49. The van der Waals surface area contributed by atoms with Crippen molar-refractivity contribution < 1.29 is 4.79 Å². The molecular formula is C38H85ClN10O. The molecule has 0 aromatic rings. The van der Waals surface area contributed by atoms with Crippen molar-refractivity contribution in [1.82, 2.24) is 34.7 Å². The quantitative estimate of drug-likeness (QED) is 0.0469. The number of rotatable bonds is 40. The lowest BCUT2D eigenvalue weighted by molar-refractivity contribution is -0.131. The van der Waals surface area contributed by atoms with Gasteiger partial charge >= 0.3 is 0 Å². The van der Waals surface area contributed by atoms with Gasteiger partial charge in [0.1, 0.15) is 0 Å². The molecule has 0 saturated carbocycles. The fourth-order valence-electron chi connectivity index (χ4n) is 6.39. The first-order valence-electron chi connectivity index (χ1n) is 20.7. The van der Waals surface area contributed by atoms with Crippen LogP contribution in [0, 0.1) is 0 Å². The normalized spacial score (nSPS) is 12.0. The number of nitrogens with one attached hydrogen (secondary N) is 2. The molecule has 0 aliphatic rings. The van der Waals surface area contributed by atoms with Crippen LogP contribution in [0.4, 0.5) is 0 Å². The van der Waals surface area contributed by atoms with E-state index in [1.54, 1.807) is 0 Å². The number of nitrogens with two attached hydrogens (primary N) is 3. The third kappa shape index (κ3) is 31.0. The van der Waals surface area contributed by atoms with Gasteiger partial charge in [-0.3, -0.25) is 19.5 Å². The van der Waals surface area contributed by atoms with E-state index in [1.807, 2.05) is 23.4 Å². The van der Waals surface area contributed by atoms with Gasteiger partial charge < -0.3 is 32.7 Å². The molecule has 12 heteroatoms. The van der Waals surface area contributed by atoms with E-state index in [1.165, 1.54) is 83.5 Å². The highest BCUT2D eigenvalue weighted by atomic mass is 35.5. The molecule has 0 spiro atoms. The van der Waals surface area contributed by atoms with Crippen LogP contribution in [-0.2, 0) is 4.79 Å². The van der Waals surface area contributed by atoms with Gasteiger partial charge in [-0.2, -0.15) is 0 Å². The summed E-state index contributed by atoms with van der Waals surface area (Å²) < 4.78 is 1.90. The van der Waals surface area contributed by atoms with Gasteiger partial charge in [0.15, 0.2) is 0 Å². The minimum absolute atomic E-state index is 0.242. The zero-order chi connectivity index (χ0) is 36.9. The maximum Gasteiger partial charge on any atom is 0.222 e. The Morgan fingerprint density at radius 2 is 0.840 bits per heavy atom. The molecule has 0 heterocycles. The van der Waals surface area contributed by atoms with E-state index in [4.69, 9.17) is 29.0 Å². The Kier molecular flexibility index (Phi) is 37.7. The molecule has 0 aromatic heterocycles. The lowest BCUT2D eigenvalue weighted by atomic mass is 10.0. The van der Waals surface area contributed by atoms with E-state index in [0.29, 0.717) is 39.1 Å². The molecule has 0 aliphatic carbocycles. The third-order valence-corrected chi connectivity index (χ3v) is 10.1. The van der Waals surface area contributed by atoms with Crippen molar-refractivity contribution >= 4 is 17.7 Å². The summed E-state index contributed by atoms with van der Waals surface area (Å²) >= 11 is 6.64. The number of unbranched alkanes of at least 4 members (excludes halogenated alkanes) is 14. The maximum atomic E-state index is 13.1. The standard InChI is InChI=1S/C38H85ClN10O/c1-4-5-6-7-8-9-10-11-12-13-14-15-16-17-18-19-38(50)48(27-22-42)35-32-46(26-21-41)30-31-47(29-24-44-3)34-37-49(39)36-33-45(25-20-40)28-23-43-2/h43-44H,4-37,40-42H2,1-3H3. The van der Waals surface area contributed by atoms with Gasteiger partial charge in [-0.05, 0) is 32.3 Å². The first-order valence-corrected chi connectivity index (χ1v) is 21.0. The molecule has 300 valence electrons. The van der Waals surface area contributed by atoms with Gasteiger partial charge in [0.2, 0.25) is 5.91 Å². The van der Waals surface area contributed by atoms with Crippen molar-refractivity contribution in [3.63, 3.8) is 0 Å². The number of halogens is 1. The molecular weight excluding hydrogens is 648 g/mol. The van der Waals surface area contributed by atoms with Crippen LogP contribution in [-0.4, -0.2) is 162 Å². The van der Waals surface area contributed by atoms with Crippen LogP contribution in [0.3, 0.4) is 0 Å². The van der Waals surface area contributed by atoms with Crippen LogP contribution in [0.25, 0.3) is 0 Å². The van der Waals surface area contributed by atoms with Gasteiger partial charge in [-0.25, -0.2) is 4.42 Å². The van der Waals surface area contributed by atoms with Crippen LogP contribution in [0.1, 0.15) is 110 Å². The summed E-state index contributed by atoms with van der Waals surface area (Å²) in [6, 6.07) is 0. The summed E-state index contributed by atoms with van der Waals surface area (Å²) in [6.45, 7) is 16.9. The second-order valence-corrected chi connectivity index (χ2v) is 14.6. The summed E-state index contributed by atoms with van der Waals surface area (Å²) in [7, 11) is 3.97. The molecule has 50 heavy (non-hydrogen) atoms. The SMILES string of the molecule is CCCCCCCCCCCCCCCCCC(=O)N(CCN)CCN(CCN)CCN(CCNC)CCN(Cl)CCN(CCN)CCNC. The predicted molar refractivity (Wildman–Crippen MR) is 218 cm³/mol. The average molecular weight is 734 g/mol. The van der Waals surface area contributed by atoms with Gasteiger partial charge in [0.25, 0.3) is 0 Å². The zero-order valence-electron chi connectivity index (χ0n) is 33.3. The number of carbonyl (C=O) groups excluding carboxylic acids is 1. The molecule has 0 bridgehead atoms. The molecule has 0 aliphatic heterocycles. The molecule has 11 nitrogen and oxygen atoms in total. The number of carbonyl (C=O) groups is 1. The van der Waals surface area contributed by atoms with Crippen molar-refractivity contribution in [2.45, 2.75) is 110 Å². The first-order chi connectivity index (χ1) is 24.4. The van der Waals surface area contributed by atoms with E-state index in [9.17, 15) is 4.79 Å². The lowest BCUT2D eigenvalue weighted by Gasteiger charge is -2.31. The number of nitrogens with zero attached hydrogens (tertiary/aromatic N) is 5. The summed E-state index contributed by atoms with van der Waals surface area (Å²) in [4.78, 5) is 22.3. The van der Waals surface area contributed by atoms with Crippen molar-refractivity contribution in [2.24, 2.45) is 17.2 Å². The number of likely N-dealkylation sites (N-methyl/N-ethyl adjacent to an activating group) is 2. The third-order valence-electron chi connectivity index (χ3n) is 9.73. The first kappa shape index (κ1) is 49.4. The number of hydrogen-bond donors (Lipinski definition) is 5. The van der Waals surface area contributed by atoms with Crippen LogP contribution < -0.4 is 27.8 Å². The molecule has 1 amide bonds. The second kappa shape index (κ2) is 38.1. The molecule has 8 N–H and O–H groups in total. The van der Waals surface area contributed by atoms with Crippen LogP contribution in [0.5, 0.6) is 0 Å². The molecule has 0 rings (SSSR count). The largest absolute Gasteiger partial charge is 0.340 e. The Morgan fingerprint density at radius 3 is 1.26 bits per heavy atom. The topological polar surface area (TPSA) is 135 Å². The number of hydrogen-bond acceptors (Lipinski definition) is 10. The average Bonchev–Trinajstić information content (AvgIpc) is 3.12. The van der Waals surface area contributed by atoms with Gasteiger partial charge in [0.05, 0.1) is 0 Å².